The minimum atomic E-state index is -0.508. The number of hydrogen-bond acceptors (Lipinski definition) is 2. The molecule has 2 N–H and O–H groups in total. The van der Waals surface area contributed by atoms with Gasteiger partial charge < -0.3 is 15.0 Å². The van der Waals surface area contributed by atoms with Crippen molar-refractivity contribution in [3.8, 4) is 0 Å². The van der Waals surface area contributed by atoms with Crippen molar-refractivity contribution in [3.63, 3.8) is 0 Å². The molecule has 1 saturated carbocycles. The molecule has 0 aromatic carbocycles. The van der Waals surface area contributed by atoms with Gasteiger partial charge in [-0.15, -0.1) is 0 Å². The fourth-order valence-electron chi connectivity index (χ4n) is 2.87. The highest BCUT2D eigenvalue weighted by atomic mass is 16.3. The second kappa shape index (κ2) is 6.75. The molecule has 4 nitrogen and oxygen atoms in total. The lowest BCUT2D eigenvalue weighted by Crippen LogP contribution is -2.27. The van der Waals surface area contributed by atoms with E-state index in [9.17, 15) is 9.90 Å². The lowest BCUT2D eigenvalue weighted by molar-refractivity contribution is -0.122. The van der Waals surface area contributed by atoms with Gasteiger partial charge in [0.2, 0.25) is 5.91 Å². The van der Waals surface area contributed by atoms with Crippen LogP contribution in [0.5, 0.6) is 0 Å². The number of carbonyl (C=O) groups excluding carboxylic acids is 1. The normalized spacial score (nSPS) is 17.6. The van der Waals surface area contributed by atoms with E-state index in [1.54, 1.807) is 0 Å². The molecule has 106 valence electrons. The number of nitrogens with one attached hydrogen (secondary N) is 1. The van der Waals surface area contributed by atoms with Gasteiger partial charge in [0.1, 0.15) is 0 Å². The maximum absolute atomic E-state index is 11.7. The highest BCUT2D eigenvalue weighted by molar-refractivity contribution is 5.76. The average Bonchev–Trinajstić information content (AvgIpc) is 3.00. The van der Waals surface area contributed by atoms with Gasteiger partial charge in [0.25, 0.3) is 0 Å². The first-order valence-electron chi connectivity index (χ1n) is 7.23. The van der Waals surface area contributed by atoms with Gasteiger partial charge in [-0.05, 0) is 37.3 Å². The Morgan fingerprint density at radius 1 is 1.53 bits per heavy atom. The molecule has 1 amide bonds. The molecule has 1 aliphatic carbocycles. The van der Waals surface area contributed by atoms with Gasteiger partial charge in [-0.25, -0.2) is 0 Å². The van der Waals surface area contributed by atoms with Gasteiger partial charge >= 0.3 is 0 Å². The van der Waals surface area contributed by atoms with Gasteiger partial charge in [0.05, 0.1) is 6.10 Å². The van der Waals surface area contributed by atoms with E-state index in [1.165, 1.54) is 25.7 Å². The Kier molecular flexibility index (Phi) is 5.02. The molecule has 0 saturated heterocycles. The topological polar surface area (TPSA) is 54.3 Å². The van der Waals surface area contributed by atoms with Crippen LogP contribution in [0.4, 0.5) is 0 Å². The summed E-state index contributed by atoms with van der Waals surface area (Å²) in [4.78, 5) is 11.7. The van der Waals surface area contributed by atoms with Crippen molar-refractivity contribution in [2.24, 2.45) is 13.0 Å². The summed E-state index contributed by atoms with van der Waals surface area (Å²) in [6, 6.07) is 3.82. The van der Waals surface area contributed by atoms with Gasteiger partial charge in [-0.3, -0.25) is 4.79 Å². The maximum atomic E-state index is 11.7. The second-order valence-electron chi connectivity index (χ2n) is 5.55. The molecular weight excluding hydrogens is 240 g/mol. The lowest BCUT2D eigenvalue weighted by Gasteiger charge is -2.13. The lowest BCUT2D eigenvalue weighted by atomic mass is 10.0. The number of aliphatic hydroxyl groups is 1. The average molecular weight is 264 g/mol. The van der Waals surface area contributed by atoms with Crippen LogP contribution in [0.2, 0.25) is 0 Å². The summed E-state index contributed by atoms with van der Waals surface area (Å²) in [6.07, 6.45) is 7.55. The van der Waals surface area contributed by atoms with E-state index in [1.807, 2.05) is 29.9 Å². The standard InChI is InChI=1S/C15H24N2O2/c1-17-10-4-7-13(17)14(18)8-9-16-15(19)11-12-5-2-3-6-12/h4,7,10,12,14,18H,2-3,5-6,8-9,11H2,1H3,(H,16,19). The first-order chi connectivity index (χ1) is 9.16. The number of aryl methyl sites for hydroxylation is 1. The Hall–Kier alpha value is -1.29. The monoisotopic (exact) mass is 264 g/mol. The third-order valence-corrected chi connectivity index (χ3v) is 4.01. The summed E-state index contributed by atoms with van der Waals surface area (Å²) in [5, 5.41) is 12.9. The van der Waals surface area contributed by atoms with E-state index in [4.69, 9.17) is 0 Å². The van der Waals surface area contributed by atoms with Crippen molar-refractivity contribution in [2.75, 3.05) is 6.54 Å². The molecule has 0 aliphatic heterocycles. The molecule has 1 unspecified atom stereocenters. The van der Waals surface area contributed by atoms with Crippen molar-refractivity contribution in [1.82, 2.24) is 9.88 Å². The fraction of sp³-hybridized carbons (Fsp3) is 0.667. The van der Waals surface area contributed by atoms with Crippen molar-refractivity contribution in [3.05, 3.63) is 24.0 Å². The van der Waals surface area contributed by atoms with Crippen LogP contribution < -0.4 is 5.32 Å². The molecule has 0 bridgehead atoms. The fourth-order valence-corrected chi connectivity index (χ4v) is 2.87. The second-order valence-corrected chi connectivity index (χ2v) is 5.55. The molecule has 0 spiro atoms. The molecule has 1 atom stereocenters. The zero-order valence-corrected chi connectivity index (χ0v) is 11.6. The first kappa shape index (κ1) is 14.1. The number of amides is 1. The Morgan fingerprint density at radius 3 is 2.89 bits per heavy atom. The number of carbonyl (C=O) groups is 1. The SMILES string of the molecule is Cn1cccc1C(O)CCNC(=O)CC1CCCC1. The summed E-state index contributed by atoms with van der Waals surface area (Å²) in [6.45, 7) is 0.540. The van der Waals surface area contributed by atoms with Crippen molar-refractivity contribution in [2.45, 2.75) is 44.6 Å². The Bertz CT molecular complexity index is 408. The van der Waals surface area contributed by atoms with Crippen LogP contribution in [0.15, 0.2) is 18.3 Å². The van der Waals surface area contributed by atoms with E-state index >= 15 is 0 Å². The molecule has 1 aromatic rings. The number of aliphatic hydroxyl groups excluding tert-OH is 1. The van der Waals surface area contributed by atoms with Crippen molar-refractivity contribution in [1.29, 1.82) is 0 Å². The van der Waals surface area contributed by atoms with Crippen molar-refractivity contribution < 1.29 is 9.90 Å². The summed E-state index contributed by atoms with van der Waals surface area (Å²) >= 11 is 0. The molecule has 1 aliphatic rings. The van der Waals surface area contributed by atoms with Gasteiger partial charge in [0, 0.05) is 31.9 Å². The van der Waals surface area contributed by atoms with Crippen LogP contribution in [0.25, 0.3) is 0 Å². The molecule has 0 radical (unpaired) electrons. The third-order valence-electron chi connectivity index (χ3n) is 4.01. The van der Waals surface area contributed by atoms with Crippen molar-refractivity contribution >= 4 is 5.91 Å². The Morgan fingerprint density at radius 2 is 2.26 bits per heavy atom. The zero-order chi connectivity index (χ0) is 13.7. The Balaban J connectivity index is 1.65. The van der Waals surface area contributed by atoms with Gasteiger partial charge in [0.15, 0.2) is 0 Å². The molecule has 1 aromatic heterocycles. The number of aromatic nitrogens is 1. The summed E-state index contributed by atoms with van der Waals surface area (Å²) < 4.78 is 1.91. The Labute approximate surface area is 114 Å². The van der Waals surface area contributed by atoms with Crippen LogP contribution in [-0.2, 0) is 11.8 Å². The number of hydrogen-bond donors (Lipinski definition) is 2. The van der Waals surface area contributed by atoms with E-state index in [0.29, 0.717) is 25.3 Å². The number of nitrogens with zero attached hydrogens (tertiary/aromatic N) is 1. The largest absolute Gasteiger partial charge is 0.387 e. The highest BCUT2D eigenvalue weighted by Gasteiger charge is 2.18. The molecule has 2 rings (SSSR count). The zero-order valence-electron chi connectivity index (χ0n) is 11.6. The van der Waals surface area contributed by atoms with Crippen LogP contribution in [-0.4, -0.2) is 22.1 Å². The smallest absolute Gasteiger partial charge is 0.220 e. The van der Waals surface area contributed by atoms with Crippen LogP contribution >= 0.6 is 0 Å². The van der Waals surface area contributed by atoms with E-state index in [2.05, 4.69) is 5.32 Å². The number of rotatable bonds is 6. The highest BCUT2D eigenvalue weighted by Crippen LogP contribution is 2.27. The minimum absolute atomic E-state index is 0.131. The third kappa shape index (κ3) is 4.10. The minimum Gasteiger partial charge on any atom is -0.387 e. The van der Waals surface area contributed by atoms with E-state index in [-0.39, 0.29) is 5.91 Å². The molecule has 4 heteroatoms. The van der Waals surface area contributed by atoms with Crippen LogP contribution in [0, 0.1) is 5.92 Å². The van der Waals surface area contributed by atoms with Gasteiger partial charge in [-0.1, -0.05) is 12.8 Å². The quantitative estimate of drug-likeness (QED) is 0.827. The summed E-state index contributed by atoms with van der Waals surface area (Å²) in [5.41, 5.74) is 0.894. The molecule has 19 heavy (non-hydrogen) atoms. The van der Waals surface area contributed by atoms with Crippen LogP contribution in [0.1, 0.15) is 50.3 Å². The van der Waals surface area contributed by atoms with Gasteiger partial charge in [-0.2, -0.15) is 0 Å². The van der Waals surface area contributed by atoms with Crippen LogP contribution in [0.3, 0.4) is 0 Å². The summed E-state index contributed by atoms with van der Waals surface area (Å²) in [5.74, 6) is 0.712. The predicted octanol–water partition coefficient (Wildman–Crippen LogP) is 2.15. The predicted molar refractivity (Wildman–Crippen MR) is 74.6 cm³/mol. The van der Waals surface area contributed by atoms with E-state index in [0.717, 1.165) is 5.69 Å². The molecular formula is C15H24N2O2. The maximum Gasteiger partial charge on any atom is 0.220 e. The molecule has 1 heterocycles. The molecule has 1 fully saturated rings. The first-order valence-corrected chi connectivity index (χ1v) is 7.23. The summed E-state index contributed by atoms with van der Waals surface area (Å²) in [7, 11) is 1.91. The van der Waals surface area contributed by atoms with E-state index < -0.39 is 6.10 Å².